The third-order valence-corrected chi connectivity index (χ3v) is 14.4. The summed E-state index contributed by atoms with van der Waals surface area (Å²) in [4.78, 5) is 0. The van der Waals surface area contributed by atoms with E-state index in [1.165, 1.54) is 184 Å². The SMILES string of the molecule is CCCCCCCCC1CCc2c(c3ccc(Br)cc3n2-c2ccc(-c3ccc(-n4c5c(c6ccc(Br)cc64)CC(CCCCCCCC)CC5)cc3)cc2)C1. The van der Waals surface area contributed by atoms with Crippen molar-refractivity contribution in [3.63, 3.8) is 0 Å². The summed E-state index contributed by atoms with van der Waals surface area (Å²) < 4.78 is 7.44. The lowest BCUT2D eigenvalue weighted by molar-refractivity contribution is 0.402. The molecule has 0 saturated carbocycles. The van der Waals surface area contributed by atoms with E-state index in [0.29, 0.717) is 0 Å². The topological polar surface area (TPSA) is 9.86 Å². The van der Waals surface area contributed by atoms with Crippen molar-refractivity contribution in [1.29, 1.82) is 0 Å². The number of fused-ring (bicyclic) bond motifs is 6. The van der Waals surface area contributed by atoms with Crippen molar-refractivity contribution in [3.05, 3.63) is 116 Å². The molecule has 4 aromatic carbocycles. The van der Waals surface area contributed by atoms with Crippen molar-refractivity contribution in [2.75, 3.05) is 0 Å². The van der Waals surface area contributed by atoms with E-state index in [1.54, 1.807) is 11.1 Å². The molecule has 2 nitrogen and oxygen atoms in total. The summed E-state index contributed by atoms with van der Waals surface area (Å²) in [6, 6.07) is 32.6. The van der Waals surface area contributed by atoms with Crippen LogP contribution in [0.25, 0.3) is 44.3 Å². The Morgan fingerprint density at radius 2 is 0.875 bits per heavy atom. The number of nitrogens with zero attached hydrogens (tertiary/aromatic N) is 2. The Morgan fingerprint density at radius 1 is 0.482 bits per heavy atom. The lowest BCUT2D eigenvalue weighted by atomic mass is 9.83. The van der Waals surface area contributed by atoms with E-state index in [1.807, 2.05) is 0 Å². The highest BCUT2D eigenvalue weighted by atomic mass is 79.9. The van der Waals surface area contributed by atoms with E-state index in [0.717, 1.165) is 20.8 Å². The number of aromatic nitrogens is 2. The van der Waals surface area contributed by atoms with Gasteiger partial charge in [0, 0.05) is 42.5 Å². The number of rotatable bonds is 17. The molecular formula is C52H62Br2N2. The maximum absolute atomic E-state index is 3.81. The molecule has 2 aromatic heterocycles. The van der Waals surface area contributed by atoms with Gasteiger partial charge >= 0.3 is 0 Å². The zero-order valence-corrected chi connectivity index (χ0v) is 37.2. The number of unbranched alkanes of at least 4 members (excludes halogenated alkanes) is 10. The van der Waals surface area contributed by atoms with E-state index in [4.69, 9.17) is 0 Å². The standard InChI is InChI=1S/C52H62Br2N2/c1-3-5-7-9-11-13-15-37-17-31-49-47(33-37)45-29-23-41(53)35-51(45)55(49)43-25-19-39(20-26-43)40-21-27-44(28-22-40)56-50-32-18-38(16-14-12-10-8-6-4-2)34-48(50)46-30-24-42(54)36-52(46)56/h19-30,35-38H,3-18,31-34H2,1-2H3. The fraction of sp³-hybridized carbons (Fsp3) is 0.462. The third-order valence-electron chi connectivity index (χ3n) is 13.4. The van der Waals surface area contributed by atoms with Crippen LogP contribution in [0.5, 0.6) is 0 Å². The summed E-state index contributed by atoms with van der Waals surface area (Å²) in [7, 11) is 0. The maximum atomic E-state index is 3.81. The Kier molecular flexibility index (Phi) is 13.2. The minimum atomic E-state index is 0.810. The quantitative estimate of drug-likeness (QED) is 0.0808. The van der Waals surface area contributed by atoms with Crippen molar-refractivity contribution < 1.29 is 0 Å². The molecule has 0 N–H and O–H groups in total. The van der Waals surface area contributed by atoms with Crippen molar-refractivity contribution in [1.82, 2.24) is 9.13 Å². The lowest BCUT2D eigenvalue weighted by Crippen LogP contribution is -2.16. The van der Waals surface area contributed by atoms with Gasteiger partial charge in [-0.25, -0.2) is 0 Å². The fourth-order valence-electron chi connectivity index (χ4n) is 10.3. The summed E-state index contributed by atoms with van der Waals surface area (Å²) >= 11 is 7.61. The van der Waals surface area contributed by atoms with E-state index < -0.39 is 0 Å². The van der Waals surface area contributed by atoms with Crippen LogP contribution in [0.15, 0.2) is 93.9 Å². The fourth-order valence-corrected chi connectivity index (χ4v) is 11.0. The molecule has 8 rings (SSSR count). The van der Waals surface area contributed by atoms with Crippen LogP contribution in [-0.4, -0.2) is 9.13 Å². The molecule has 0 saturated heterocycles. The summed E-state index contributed by atoms with van der Waals surface area (Å²) in [5.41, 5.74) is 14.0. The summed E-state index contributed by atoms with van der Waals surface area (Å²) in [5, 5.41) is 2.88. The van der Waals surface area contributed by atoms with Crippen LogP contribution < -0.4 is 0 Å². The van der Waals surface area contributed by atoms with Gasteiger partial charge < -0.3 is 9.13 Å². The first-order valence-corrected chi connectivity index (χ1v) is 24.0. The van der Waals surface area contributed by atoms with Gasteiger partial charge in [-0.05, 0) is 121 Å². The van der Waals surface area contributed by atoms with Crippen molar-refractivity contribution >= 4 is 53.7 Å². The molecular weight excluding hydrogens is 812 g/mol. The highest BCUT2D eigenvalue weighted by molar-refractivity contribution is 9.10. The first-order chi connectivity index (χ1) is 27.5. The number of hydrogen-bond donors (Lipinski definition) is 0. The average Bonchev–Trinajstić information content (AvgIpc) is 3.71. The molecule has 0 fully saturated rings. The van der Waals surface area contributed by atoms with E-state index in [-0.39, 0.29) is 0 Å². The molecule has 294 valence electrons. The summed E-state index contributed by atoms with van der Waals surface area (Å²) in [6.45, 7) is 4.62. The largest absolute Gasteiger partial charge is 0.313 e. The van der Waals surface area contributed by atoms with E-state index in [2.05, 4.69) is 140 Å². The van der Waals surface area contributed by atoms with Gasteiger partial charge in [-0.1, -0.05) is 172 Å². The average molecular weight is 875 g/mol. The van der Waals surface area contributed by atoms with Crippen molar-refractivity contribution in [3.8, 4) is 22.5 Å². The van der Waals surface area contributed by atoms with Crippen LogP contribution in [0, 0.1) is 11.8 Å². The normalized spacial score (nSPS) is 16.8. The molecule has 0 bridgehead atoms. The molecule has 0 spiro atoms. The third kappa shape index (κ3) is 8.68. The predicted octanol–water partition coefficient (Wildman–Crippen LogP) is 16.5. The van der Waals surface area contributed by atoms with Gasteiger partial charge in [0.1, 0.15) is 0 Å². The van der Waals surface area contributed by atoms with E-state index >= 15 is 0 Å². The summed E-state index contributed by atoms with van der Waals surface area (Å²) in [5.74, 6) is 1.62. The van der Waals surface area contributed by atoms with Crippen LogP contribution in [0.1, 0.15) is 139 Å². The molecule has 2 atom stereocenters. The van der Waals surface area contributed by atoms with Gasteiger partial charge in [0.25, 0.3) is 0 Å². The van der Waals surface area contributed by atoms with Gasteiger partial charge in [-0.2, -0.15) is 0 Å². The lowest BCUT2D eigenvalue weighted by Gasteiger charge is -2.24. The van der Waals surface area contributed by atoms with Crippen molar-refractivity contribution in [2.45, 2.75) is 142 Å². The monoisotopic (exact) mass is 872 g/mol. The second-order valence-electron chi connectivity index (χ2n) is 17.3. The zero-order chi connectivity index (χ0) is 38.4. The van der Waals surface area contributed by atoms with Gasteiger partial charge in [0.2, 0.25) is 0 Å². The molecule has 2 aliphatic rings. The first kappa shape index (κ1) is 39.7. The predicted molar refractivity (Wildman–Crippen MR) is 248 cm³/mol. The number of benzene rings is 4. The van der Waals surface area contributed by atoms with Gasteiger partial charge in [-0.15, -0.1) is 0 Å². The molecule has 2 heterocycles. The first-order valence-electron chi connectivity index (χ1n) is 22.4. The molecule has 2 unspecified atom stereocenters. The zero-order valence-electron chi connectivity index (χ0n) is 34.0. The Labute approximate surface area is 353 Å². The Hall–Kier alpha value is -3.08. The molecule has 4 heteroatoms. The second-order valence-corrected chi connectivity index (χ2v) is 19.1. The molecule has 0 amide bonds. The van der Waals surface area contributed by atoms with Gasteiger partial charge in [0.15, 0.2) is 0 Å². The van der Waals surface area contributed by atoms with Crippen LogP contribution in [0.3, 0.4) is 0 Å². The van der Waals surface area contributed by atoms with E-state index in [9.17, 15) is 0 Å². The van der Waals surface area contributed by atoms with Gasteiger partial charge in [0.05, 0.1) is 11.0 Å². The summed E-state index contributed by atoms with van der Waals surface area (Å²) in [6.07, 6.45) is 26.8. The molecule has 0 aliphatic heterocycles. The molecule has 56 heavy (non-hydrogen) atoms. The molecule has 2 aliphatic carbocycles. The highest BCUT2D eigenvalue weighted by Gasteiger charge is 2.28. The van der Waals surface area contributed by atoms with Crippen LogP contribution >= 0.6 is 31.9 Å². The van der Waals surface area contributed by atoms with Crippen LogP contribution in [-0.2, 0) is 25.7 Å². The molecule has 6 aromatic rings. The number of hydrogen-bond acceptors (Lipinski definition) is 0. The maximum Gasteiger partial charge on any atom is 0.0545 e. The minimum absolute atomic E-state index is 0.810. The highest BCUT2D eigenvalue weighted by Crippen LogP contribution is 2.41. The Balaban J connectivity index is 1.00. The molecule has 0 radical (unpaired) electrons. The van der Waals surface area contributed by atoms with Crippen LogP contribution in [0.2, 0.25) is 0 Å². The van der Waals surface area contributed by atoms with Crippen LogP contribution in [0.4, 0.5) is 0 Å². The Bertz CT molecular complexity index is 2060. The smallest absolute Gasteiger partial charge is 0.0545 e. The Morgan fingerprint density at radius 3 is 1.29 bits per heavy atom. The van der Waals surface area contributed by atoms with Gasteiger partial charge in [-0.3, -0.25) is 0 Å². The van der Waals surface area contributed by atoms with Crippen molar-refractivity contribution in [2.24, 2.45) is 11.8 Å². The number of halogens is 2. The minimum Gasteiger partial charge on any atom is -0.313 e. The second kappa shape index (κ2) is 18.7.